The first kappa shape index (κ1) is 19.3. The second kappa shape index (κ2) is 10.9. The van der Waals surface area contributed by atoms with Crippen LogP contribution in [0.15, 0.2) is 18.2 Å². The molecule has 0 spiro atoms. The van der Waals surface area contributed by atoms with E-state index in [1.165, 1.54) is 32.8 Å². The smallest absolute Gasteiger partial charge is 0.220 e. The molecule has 2 N–H and O–H groups in total. The van der Waals surface area contributed by atoms with Crippen LogP contribution in [-0.2, 0) is 11.3 Å². The van der Waals surface area contributed by atoms with E-state index in [-0.39, 0.29) is 11.7 Å². The summed E-state index contributed by atoms with van der Waals surface area (Å²) in [6, 6.07) is 5.11. The molecule has 1 unspecified atom stereocenters. The predicted molar refractivity (Wildman–Crippen MR) is 93.7 cm³/mol. The van der Waals surface area contributed by atoms with Crippen LogP contribution >= 0.6 is 0 Å². The Labute approximate surface area is 140 Å². The van der Waals surface area contributed by atoms with Crippen LogP contribution in [0, 0.1) is 5.92 Å². The number of methoxy groups -OCH3 is 1. The number of carbonyl (C=O) groups is 1. The lowest BCUT2D eigenvalue weighted by atomic mass is 10.00. The lowest BCUT2D eigenvalue weighted by Gasteiger charge is -2.09. The molecule has 4 nitrogen and oxygen atoms in total. The summed E-state index contributed by atoms with van der Waals surface area (Å²) in [6.07, 6.45) is 7.69. The van der Waals surface area contributed by atoms with Crippen molar-refractivity contribution < 1.29 is 14.6 Å². The zero-order valence-electron chi connectivity index (χ0n) is 14.7. The van der Waals surface area contributed by atoms with Gasteiger partial charge in [-0.2, -0.15) is 0 Å². The van der Waals surface area contributed by atoms with Crippen LogP contribution in [0.3, 0.4) is 0 Å². The Morgan fingerprint density at radius 2 is 2.00 bits per heavy atom. The van der Waals surface area contributed by atoms with E-state index in [0.29, 0.717) is 18.7 Å². The van der Waals surface area contributed by atoms with Gasteiger partial charge in [-0.05, 0) is 30.0 Å². The Morgan fingerprint density at radius 1 is 1.26 bits per heavy atom. The lowest BCUT2D eigenvalue weighted by molar-refractivity contribution is -0.121. The molecule has 0 aliphatic rings. The first-order valence-electron chi connectivity index (χ1n) is 8.69. The van der Waals surface area contributed by atoms with Gasteiger partial charge in [0.05, 0.1) is 7.11 Å². The quantitative estimate of drug-likeness (QED) is 0.594. The summed E-state index contributed by atoms with van der Waals surface area (Å²) in [5.74, 6) is 1.44. The highest BCUT2D eigenvalue weighted by Crippen LogP contribution is 2.26. The molecule has 0 bridgehead atoms. The highest BCUT2D eigenvalue weighted by molar-refractivity contribution is 5.75. The van der Waals surface area contributed by atoms with Gasteiger partial charge in [0.25, 0.3) is 0 Å². The van der Waals surface area contributed by atoms with Gasteiger partial charge >= 0.3 is 0 Å². The fourth-order valence-corrected chi connectivity index (χ4v) is 2.46. The van der Waals surface area contributed by atoms with Crippen molar-refractivity contribution in [2.45, 2.75) is 65.3 Å². The van der Waals surface area contributed by atoms with E-state index >= 15 is 0 Å². The highest BCUT2D eigenvalue weighted by atomic mass is 16.5. The average molecular weight is 321 g/mol. The van der Waals surface area contributed by atoms with E-state index in [1.807, 2.05) is 0 Å². The van der Waals surface area contributed by atoms with Gasteiger partial charge in [-0.1, -0.05) is 52.0 Å². The van der Waals surface area contributed by atoms with Crippen LogP contribution in [-0.4, -0.2) is 18.1 Å². The zero-order chi connectivity index (χ0) is 17.1. The van der Waals surface area contributed by atoms with E-state index in [9.17, 15) is 9.90 Å². The van der Waals surface area contributed by atoms with Crippen LogP contribution in [0.2, 0.25) is 0 Å². The molecule has 1 atom stereocenters. The van der Waals surface area contributed by atoms with E-state index < -0.39 is 0 Å². The summed E-state index contributed by atoms with van der Waals surface area (Å²) in [5, 5.41) is 12.4. The van der Waals surface area contributed by atoms with Crippen LogP contribution in [0.25, 0.3) is 0 Å². The topological polar surface area (TPSA) is 58.6 Å². The van der Waals surface area contributed by atoms with E-state index in [0.717, 1.165) is 24.3 Å². The van der Waals surface area contributed by atoms with Crippen LogP contribution < -0.4 is 10.1 Å². The van der Waals surface area contributed by atoms with Crippen LogP contribution in [0.4, 0.5) is 0 Å². The molecule has 0 saturated heterocycles. The van der Waals surface area contributed by atoms with Gasteiger partial charge in [0, 0.05) is 13.0 Å². The van der Waals surface area contributed by atoms with Crippen molar-refractivity contribution in [2.75, 3.05) is 7.11 Å². The summed E-state index contributed by atoms with van der Waals surface area (Å²) < 4.78 is 5.06. The maximum atomic E-state index is 11.8. The normalized spacial score (nSPS) is 12.0. The monoisotopic (exact) mass is 321 g/mol. The third kappa shape index (κ3) is 7.91. The number of nitrogens with one attached hydrogen (secondary N) is 1. The minimum Gasteiger partial charge on any atom is -0.504 e. The minimum atomic E-state index is 0.0824. The number of hydrogen-bond donors (Lipinski definition) is 2. The Kier molecular flexibility index (Phi) is 9.18. The van der Waals surface area contributed by atoms with Crippen LogP contribution in [0.1, 0.15) is 64.4 Å². The van der Waals surface area contributed by atoms with Crippen molar-refractivity contribution >= 4 is 5.91 Å². The molecule has 0 heterocycles. The van der Waals surface area contributed by atoms with Crippen molar-refractivity contribution in [3.05, 3.63) is 23.8 Å². The average Bonchev–Trinajstić information content (AvgIpc) is 2.56. The zero-order valence-corrected chi connectivity index (χ0v) is 14.7. The van der Waals surface area contributed by atoms with Gasteiger partial charge in [0.1, 0.15) is 0 Å². The Balaban J connectivity index is 2.15. The second-order valence-corrected chi connectivity index (χ2v) is 6.25. The molecule has 0 fully saturated rings. The fraction of sp³-hybridized carbons (Fsp3) is 0.632. The van der Waals surface area contributed by atoms with Gasteiger partial charge in [0.15, 0.2) is 11.5 Å². The Bertz CT molecular complexity index is 474. The first-order chi connectivity index (χ1) is 11.1. The molecule has 23 heavy (non-hydrogen) atoms. The molecule has 0 saturated carbocycles. The lowest BCUT2D eigenvalue weighted by Crippen LogP contribution is -2.22. The molecule has 1 amide bonds. The summed E-state index contributed by atoms with van der Waals surface area (Å²) in [5.41, 5.74) is 0.918. The molecular weight excluding hydrogens is 290 g/mol. The van der Waals surface area contributed by atoms with Gasteiger partial charge in [-0.15, -0.1) is 0 Å². The number of hydrogen-bond acceptors (Lipinski definition) is 3. The number of ether oxygens (including phenoxy) is 1. The number of carbonyl (C=O) groups excluding carboxylic acids is 1. The van der Waals surface area contributed by atoms with Crippen molar-refractivity contribution in [2.24, 2.45) is 5.92 Å². The molecule has 130 valence electrons. The summed E-state index contributed by atoms with van der Waals surface area (Å²) in [4.78, 5) is 11.8. The number of rotatable bonds is 11. The Morgan fingerprint density at radius 3 is 2.70 bits per heavy atom. The maximum Gasteiger partial charge on any atom is 0.220 e. The standard InChI is InChI=1S/C19H31NO3/c1-4-15(2)9-7-5-6-8-10-19(22)20-14-16-11-12-17(21)18(13-16)23-3/h11-13,15,21H,4-10,14H2,1-3H3,(H,20,22). The number of phenols is 1. The third-order valence-electron chi connectivity index (χ3n) is 4.28. The number of benzene rings is 1. The number of aromatic hydroxyl groups is 1. The molecular formula is C19H31NO3. The predicted octanol–water partition coefficient (Wildman–Crippen LogP) is 4.40. The Hall–Kier alpha value is -1.71. The molecule has 0 aliphatic carbocycles. The minimum absolute atomic E-state index is 0.0824. The molecule has 0 aliphatic heterocycles. The van der Waals surface area contributed by atoms with Gasteiger partial charge in [-0.3, -0.25) is 4.79 Å². The molecule has 1 aromatic rings. The largest absolute Gasteiger partial charge is 0.504 e. The molecule has 0 radical (unpaired) electrons. The third-order valence-corrected chi connectivity index (χ3v) is 4.28. The van der Waals surface area contributed by atoms with Gasteiger partial charge in [0.2, 0.25) is 5.91 Å². The first-order valence-corrected chi connectivity index (χ1v) is 8.69. The van der Waals surface area contributed by atoms with Crippen molar-refractivity contribution in [3.63, 3.8) is 0 Å². The molecule has 0 aromatic heterocycles. The summed E-state index contributed by atoms with van der Waals surface area (Å²) in [7, 11) is 1.51. The van der Waals surface area contributed by atoms with E-state index in [4.69, 9.17) is 4.74 Å². The van der Waals surface area contributed by atoms with E-state index in [1.54, 1.807) is 18.2 Å². The molecule has 4 heteroatoms. The van der Waals surface area contributed by atoms with Crippen LogP contribution in [0.5, 0.6) is 11.5 Å². The SMILES string of the molecule is CCC(C)CCCCCCC(=O)NCc1ccc(O)c(OC)c1. The van der Waals surface area contributed by atoms with Crippen molar-refractivity contribution in [1.29, 1.82) is 0 Å². The fourth-order valence-electron chi connectivity index (χ4n) is 2.46. The summed E-state index contributed by atoms with van der Waals surface area (Å²) in [6.45, 7) is 4.99. The van der Waals surface area contributed by atoms with Crippen molar-refractivity contribution in [3.8, 4) is 11.5 Å². The summed E-state index contributed by atoms with van der Waals surface area (Å²) >= 11 is 0. The molecule has 1 rings (SSSR count). The van der Waals surface area contributed by atoms with Crippen molar-refractivity contribution in [1.82, 2.24) is 5.32 Å². The number of phenolic OH excluding ortho intramolecular Hbond substituents is 1. The molecule has 1 aromatic carbocycles. The van der Waals surface area contributed by atoms with Gasteiger partial charge < -0.3 is 15.2 Å². The van der Waals surface area contributed by atoms with E-state index in [2.05, 4.69) is 19.2 Å². The second-order valence-electron chi connectivity index (χ2n) is 6.25. The highest BCUT2D eigenvalue weighted by Gasteiger charge is 2.05. The van der Waals surface area contributed by atoms with Gasteiger partial charge in [-0.25, -0.2) is 0 Å². The number of amides is 1. The maximum absolute atomic E-state index is 11.8. The number of unbranched alkanes of at least 4 members (excludes halogenated alkanes) is 3.